The van der Waals surface area contributed by atoms with Crippen molar-refractivity contribution >= 4 is 16.7 Å². The predicted octanol–water partition coefficient (Wildman–Crippen LogP) is 3.41. The molecule has 1 heterocycles. The Kier molecular flexibility index (Phi) is 3.42. The molecular weight excluding hydrogens is 256 g/mol. The number of carbonyl (C=O) groups is 1. The molecule has 4 heteroatoms. The standard InChI is InChI=1S/C16H16O4/c1-3-18-15(17)13-6-4-12-9-14(7-5-11(12)8-13)16-19-10(2)20-16/h4-10,16H,3H2,1-2H3. The average Bonchev–Trinajstić information content (AvgIpc) is 2.43. The van der Waals surface area contributed by atoms with E-state index < -0.39 is 0 Å². The molecule has 3 rings (SSSR count). The first-order valence-electron chi connectivity index (χ1n) is 6.69. The third-order valence-corrected chi connectivity index (χ3v) is 3.28. The Hall–Kier alpha value is -1.91. The van der Waals surface area contributed by atoms with Gasteiger partial charge in [-0.2, -0.15) is 0 Å². The van der Waals surface area contributed by atoms with Crippen LogP contribution >= 0.6 is 0 Å². The van der Waals surface area contributed by atoms with Crippen LogP contribution in [-0.4, -0.2) is 18.9 Å². The summed E-state index contributed by atoms with van der Waals surface area (Å²) in [6, 6.07) is 11.4. The van der Waals surface area contributed by atoms with Gasteiger partial charge in [0.15, 0.2) is 12.6 Å². The van der Waals surface area contributed by atoms with Gasteiger partial charge in [-0.05, 0) is 42.8 Å². The topological polar surface area (TPSA) is 44.8 Å². The monoisotopic (exact) mass is 272 g/mol. The van der Waals surface area contributed by atoms with E-state index in [1.165, 1.54) is 0 Å². The van der Waals surface area contributed by atoms with Gasteiger partial charge in [-0.1, -0.05) is 18.2 Å². The van der Waals surface area contributed by atoms with E-state index in [-0.39, 0.29) is 18.5 Å². The molecular formula is C16H16O4. The van der Waals surface area contributed by atoms with E-state index in [0.29, 0.717) is 12.2 Å². The molecule has 0 atom stereocenters. The number of benzene rings is 2. The SMILES string of the molecule is CCOC(=O)c1ccc2cc(C3OC(C)O3)ccc2c1. The van der Waals surface area contributed by atoms with E-state index in [4.69, 9.17) is 14.2 Å². The van der Waals surface area contributed by atoms with Gasteiger partial charge in [0, 0.05) is 5.56 Å². The maximum absolute atomic E-state index is 11.7. The van der Waals surface area contributed by atoms with Crippen molar-refractivity contribution in [2.45, 2.75) is 26.4 Å². The number of rotatable bonds is 3. The first kappa shape index (κ1) is 13.1. The number of ether oxygens (including phenoxy) is 3. The minimum atomic E-state index is -0.294. The molecule has 104 valence electrons. The van der Waals surface area contributed by atoms with Gasteiger partial charge in [0.2, 0.25) is 0 Å². The van der Waals surface area contributed by atoms with Crippen LogP contribution in [-0.2, 0) is 14.2 Å². The molecule has 0 aromatic heterocycles. The highest BCUT2D eigenvalue weighted by molar-refractivity contribution is 5.95. The molecule has 0 spiro atoms. The first-order valence-corrected chi connectivity index (χ1v) is 6.69. The Morgan fingerprint density at radius 2 is 1.85 bits per heavy atom. The molecule has 2 aromatic carbocycles. The highest BCUT2D eigenvalue weighted by Crippen LogP contribution is 2.33. The lowest BCUT2D eigenvalue weighted by Gasteiger charge is -2.34. The maximum atomic E-state index is 11.7. The summed E-state index contributed by atoms with van der Waals surface area (Å²) in [5, 5.41) is 2.04. The lowest BCUT2D eigenvalue weighted by atomic mass is 10.0. The van der Waals surface area contributed by atoms with Crippen LogP contribution in [0.2, 0.25) is 0 Å². The van der Waals surface area contributed by atoms with Crippen LogP contribution < -0.4 is 0 Å². The van der Waals surface area contributed by atoms with E-state index in [2.05, 4.69) is 0 Å². The van der Waals surface area contributed by atoms with Crippen molar-refractivity contribution in [2.24, 2.45) is 0 Å². The molecule has 4 nitrogen and oxygen atoms in total. The van der Waals surface area contributed by atoms with E-state index in [0.717, 1.165) is 16.3 Å². The second kappa shape index (κ2) is 5.23. The second-order valence-electron chi connectivity index (χ2n) is 4.71. The summed E-state index contributed by atoms with van der Waals surface area (Å²) in [5.74, 6) is -0.294. The summed E-state index contributed by atoms with van der Waals surface area (Å²) in [6.07, 6.45) is -0.416. The molecule has 1 saturated heterocycles. The first-order chi connectivity index (χ1) is 9.67. The fourth-order valence-electron chi connectivity index (χ4n) is 2.27. The highest BCUT2D eigenvalue weighted by Gasteiger charge is 2.28. The third-order valence-electron chi connectivity index (χ3n) is 3.28. The number of esters is 1. The van der Waals surface area contributed by atoms with E-state index in [1.807, 2.05) is 37.3 Å². The molecule has 0 saturated carbocycles. The molecule has 0 N–H and O–H groups in total. The van der Waals surface area contributed by atoms with Crippen LogP contribution in [0.5, 0.6) is 0 Å². The van der Waals surface area contributed by atoms with Crippen molar-refractivity contribution < 1.29 is 19.0 Å². The van der Waals surface area contributed by atoms with Crippen molar-refractivity contribution in [2.75, 3.05) is 6.61 Å². The van der Waals surface area contributed by atoms with E-state index in [9.17, 15) is 4.79 Å². The number of hydrogen-bond donors (Lipinski definition) is 0. The van der Waals surface area contributed by atoms with Crippen molar-refractivity contribution in [3.63, 3.8) is 0 Å². The third kappa shape index (κ3) is 2.40. The molecule has 0 aliphatic carbocycles. The van der Waals surface area contributed by atoms with Crippen molar-refractivity contribution in [3.05, 3.63) is 47.5 Å². The van der Waals surface area contributed by atoms with Crippen LogP contribution in [0.3, 0.4) is 0 Å². The van der Waals surface area contributed by atoms with Gasteiger partial charge < -0.3 is 14.2 Å². The fourth-order valence-corrected chi connectivity index (χ4v) is 2.27. The molecule has 0 amide bonds. The minimum absolute atomic E-state index is 0.137. The minimum Gasteiger partial charge on any atom is -0.462 e. The van der Waals surface area contributed by atoms with Crippen LogP contribution in [0.1, 0.15) is 36.1 Å². The quantitative estimate of drug-likeness (QED) is 0.803. The van der Waals surface area contributed by atoms with Gasteiger partial charge in [0.1, 0.15) is 0 Å². The second-order valence-corrected chi connectivity index (χ2v) is 4.71. The van der Waals surface area contributed by atoms with Gasteiger partial charge in [-0.3, -0.25) is 0 Å². The Morgan fingerprint density at radius 3 is 2.55 bits per heavy atom. The van der Waals surface area contributed by atoms with Crippen molar-refractivity contribution in [1.29, 1.82) is 0 Å². The molecule has 1 fully saturated rings. The van der Waals surface area contributed by atoms with Crippen LogP contribution in [0.15, 0.2) is 36.4 Å². The van der Waals surface area contributed by atoms with Gasteiger partial charge in [0.25, 0.3) is 0 Å². The van der Waals surface area contributed by atoms with Crippen LogP contribution in [0, 0.1) is 0 Å². The molecule has 0 unspecified atom stereocenters. The fraction of sp³-hybridized carbons (Fsp3) is 0.312. The zero-order valence-corrected chi connectivity index (χ0v) is 11.5. The van der Waals surface area contributed by atoms with Crippen LogP contribution in [0.4, 0.5) is 0 Å². The van der Waals surface area contributed by atoms with Crippen molar-refractivity contribution in [3.8, 4) is 0 Å². The predicted molar refractivity (Wildman–Crippen MR) is 74.3 cm³/mol. The summed E-state index contributed by atoms with van der Waals surface area (Å²) in [4.78, 5) is 11.7. The largest absolute Gasteiger partial charge is 0.462 e. The lowest BCUT2D eigenvalue weighted by Crippen LogP contribution is -2.31. The number of hydrogen-bond acceptors (Lipinski definition) is 4. The number of carbonyl (C=O) groups excluding carboxylic acids is 1. The lowest BCUT2D eigenvalue weighted by molar-refractivity contribution is -0.382. The maximum Gasteiger partial charge on any atom is 0.338 e. The average molecular weight is 272 g/mol. The van der Waals surface area contributed by atoms with Crippen LogP contribution in [0.25, 0.3) is 10.8 Å². The normalized spacial score (nSPS) is 21.5. The highest BCUT2D eigenvalue weighted by atomic mass is 16.9. The van der Waals surface area contributed by atoms with Gasteiger partial charge in [-0.15, -0.1) is 0 Å². The summed E-state index contributed by atoms with van der Waals surface area (Å²) in [5.41, 5.74) is 1.55. The van der Waals surface area contributed by atoms with Crippen molar-refractivity contribution in [1.82, 2.24) is 0 Å². The molecule has 1 aliphatic heterocycles. The molecule has 2 aromatic rings. The summed E-state index contributed by atoms with van der Waals surface area (Å²) in [7, 11) is 0. The zero-order chi connectivity index (χ0) is 14.1. The van der Waals surface area contributed by atoms with Gasteiger partial charge >= 0.3 is 5.97 Å². The summed E-state index contributed by atoms with van der Waals surface area (Å²) in [6.45, 7) is 4.04. The number of fused-ring (bicyclic) bond motifs is 1. The van der Waals surface area contributed by atoms with E-state index in [1.54, 1.807) is 13.0 Å². The Balaban J connectivity index is 1.89. The summed E-state index contributed by atoms with van der Waals surface area (Å²) < 4.78 is 15.9. The molecule has 20 heavy (non-hydrogen) atoms. The molecule has 0 bridgehead atoms. The Bertz CT molecular complexity index is 644. The Labute approximate surface area is 117 Å². The van der Waals surface area contributed by atoms with Gasteiger partial charge in [-0.25, -0.2) is 4.79 Å². The zero-order valence-electron chi connectivity index (χ0n) is 11.5. The molecule has 1 aliphatic rings. The molecule has 0 radical (unpaired) electrons. The smallest absolute Gasteiger partial charge is 0.338 e. The van der Waals surface area contributed by atoms with E-state index >= 15 is 0 Å². The Morgan fingerprint density at radius 1 is 1.15 bits per heavy atom. The van der Waals surface area contributed by atoms with Gasteiger partial charge in [0.05, 0.1) is 12.2 Å². The summed E-state index contributed by atoms with van der Waals surface area (Å²) >= 11 is 0.